The Labute approximate surface area is 117 Å². The smallest absolute Gasteiger partial charge is 0.223 e. The van der Waals surface area contributed by atoms with E-state index in [-0.39, 0.29) is 18.1 Å². The van der Waals surface area contributed by atoms with Crippen LogP contribution in [0.5, 0.6) is 0 Å². The summed E-state index contributed by atoms with van der Waals surface area (Å²) in [4.78, 5) is 14.0. The van der Waals surface area contributed by atoms with Gasteiger partial charge in [-0.3, -0.25) is 4.79 Å². The second kappa shape index (κ2) is 7.46. The fourth-order valence-corrected chi connectivity index (χ4v) is 2.92. The van der Waals surface area contributed by atoms with Gasteiger partial charge in [0.25, 0.3) is 0 Å². The third-order valence-electron chi connectivity index (χ3n) is 3.56. The van der Waals surface area contributed by atoms with Crippen LogP contribution in [-0.4, -0.2) is 54.6 Å². The van der Waals surface area contributed by atoms with Crippen LogP contribution >= 0.6 is 15.9 Å². The maximum absolute atomic E-state index is 12.1. The molecule has 0 bridgehead atoms. The number of hydrogen-bond donors (Lipinski definition) is 0. The van der Waals surface area contributed by atoms with E-state index in [1.807, 2.05) is 4.90 Å². The molecule has 18 heavy (non-hydrogen) atoms. The number of alkyl halides is 1. The molecule has 0 aromatic heterocycles. The highest BCUT2D eigenvalue weighted by Gasteiger charge is 2.26. The lowest BCUT2D eigenvalue weighted by molar-refractivity contribution is -0.134. The minimum atomic E-state index is 0.206. The maximum Gasteiger partial charge on any atom is 0.223 e. The monoisotopic (exact) mass is 319 g/mol. The van der Waals surface area contributed by atoms with Gasteiger partial charge in [-0.05, 0) is 25.7 Å². The van der Waals surface area contributed by atoms with E-state index in [0.717, 1.165) is 57.3 Å². The molecule has 0 aromatic rings. The summed E-state index contributed by atoms with van der Waals surface area (Å²) in [5.41, 5.74) is 0. The topological polar surface area (TPSA) is 38.8 Å². The van der Waals surface area contributed by atoms with Crippen molar-refractivity contribution in [2.24, 2.45) is 0 Å². The molecule has 1 amide bonds. The van der Waals surface area contributed by atoms with Crippen molar-refractivity contribution in [1.82, 2.24) is 4.90 Å². The van der Waals surface area contributed by atoms with Gasteiger partial charge in [-0.2, -0.15) is 0 Å². The minimum Gasteiger partial charge on any atom is -0.376 e. The predicted octanol–water partition coefficient (Wildman–Crippen LogP) is 1.96. The summed E-state index contributed by atoms with van der Waals surface area (Å²) in [6.07, 6.45) is 5.39. The quantitative estimate of drug-likeness (QED) is 0.702. The average Bonchev–Trinajstić information content (AvgIpc) is 3.01. The SMILES string of the molecule is O=C(CCBr)N(CC1CCCO1)CC1CCCO1. The van der Waals surface area contributed by atoms with Crippen molar-refractivity contribution in [1.29, 1.82) is 0 Å². The van der Waals surface area contributed by atoms with E-state index in [1.54, 1.807) is 0 Å². The Morgan fingerprint density at radius 3 is 2.06 bits per heavy atom. The molecule has 2 heterocycles. The van der Waals surface area contributed by atoms with E-state index < -0.39 is 0 Å². The summed E-state index contributed by atoms with van der Waals surface area (Å²) < 4.78 is 11.3. The van der Waals surface area contributed by atoms with Gasteiger partial charge in [-0.1, -0.05) is 15.9 Å². The fraction of sp³-hybridized carbons (Fsp3) is 0.923. The molecule has 0 radical (unpaired) electrons. The molecule has 2 unspecified atom stereocenters. The van der Waals surface area contributed by atoms with Gasteiger partial charge in [0.15, 0.2) is 0 Å². The number of ether oxygens (including phenoxy) is 2. The zero-order valence-electron chi connectivity index (χ0n) is 10.8. The largest absolute Gasteiger partial charge is 0.376 e. The molecule has 0 aliphatic carbocycles. The lowest BCUT2D eigenvalue weighted by Crippen LogP contribution is -2.42. The van der Waals surface area contributed by atoms with Crippen LogP contribution in [0.3, 0.4) is 0 Å². The van der Waals surface area contributed by atoms with Crippen molar-refractivity contribution in [3.8, 4) is 0 Å². The molecule has 2 atom stereocenters. The lowest BCUT2D eigenvalue weighted by Gasteiger charge is -2.27. The normalized spacial score (nSPS) is 27.6. The molecule has 2 saturated heterocycles. The Morgan fingerprint density at radius 1 is 1.11 bits per heavy atom. The van der Waals surface area contributed by atoms with Gasteiger partial charge in [-0.15, -0.1) is 0 Å². The molecule has 0 saturated carbocycles. The second-order valence-corrected chi connectivity index (χ2v) is 5.80. The molecule has 2 aliphatic heterocycles. The van der Waals surface area contributed by atoms with Gasteiger partial charge in [0.05, 0.1) is 12.2 Å². The van der Waals surface area contributed by atoms with Gasteiger partial charge in [0.1, 0.15) is 0 Å². The van der Waals surface area contributed by atoms with Gasteiger partial charge in [0, 0.05) is 38.1 Å². The molecule has 104 valence electrons. The highest BCUT2D eigenvalue weighted by Crippen LogP contribution is 2.18. The van der Waals surface area contributed by atoms with Crippen LogP contribution in [0.1, 0.15) is 32.1 Å². The van der Waals surface area contributed by atoms with Crippen LogP contribution < -0.4 is 0 Å². The average molecular weight is 320 g/mol. The van der Waals surface area contributed by atoms with E-state index in [1.165, 1.54) is 0 Å². The second-order valence-electron chi connectivity index (χ2n) is 5.01. The molecule has 2 aliphatic rings. The highest BCUT2D eigenvalue weighted by atomic mass is 79.9. The number of carbonyl (C=O) groups excluding carboxylic acids is 1. The maximum atomic E-state index is 12.1. The van der Waals surface area contributed by atoms with E-state index in [2.05, 4.69) is 15.9 Å². The Bertz CT molecular complexity index is 245. The summed E-state index contributed by atoms with van der Waals surface area (Å²) in [6.45, 7) is 3.13. The first-order chi connectivity index (χ1) is 8.79. The van der Waals surface area contributed by atoms with Crippen LogP contribution in [0.25, 0.3) is 0 Å². The van der Waals surface area contributed by atoms with Crippen molar-refractivity contribution in [3.05, 3.63) is 0 Å². The van der Waals surface area contributed by atoms with Crippen LogP contribution in [-0.2, 0) is 14.3 Å². The Balaban J connectivity index is 1.85. The summed E-state index contributed by atoms with van der Waals surface area (Å²) in [5.74, 6) is 0.206. The van der Waals surface area contributed by atoms with E-state index >= 15 is 0 Å². The molecule has 2 rings (SSSR count). The van der Waals surface area contributed by atoms with Gasteiger partial charge in [0.2, 0.25) is 5.91 Å². The zero-order chi connectivity index (χ0) is 12.8. The Morgan fingerprint density at radius 2 is 1.67 bits per heavy atom. The molecule has 5 heteroatoms. The van der Waals surface area contributed by atoms with Crippen LogP contribution in [0.15, 0.2) is 0 Å². The zero-order valence-corrected chi connectivity index (χ0v) is 12.4. The number of halogens is 1. The van der Waals surface area contributed by atoms with Crippen molar-refractivity contribution in [2.75, 3.05) is 31.6 Å². The predicted molar refractivity (Wildman–Crippen MR) is 72.9 cm³/mol. The summed E-state index contributed by atoms with van der Waals surface area (Å²) in [6, 6.07) is 0. The van der Waals surface area contributed by atoms with Crippen molar-refractivity contribution >= 4 is 21.8 Å². The fourth-order valence-electron chi connectivity index (χ4n) is 2.59. The third kappa shape index (κ3) is 4.21. The number of carbonyl (C=O) groups is 1. The molecule has 2 fully saturated rings. The molecule has 0 N–H and O–H groups in total. The lowest BCUT2D eigenvalue weighted by atomic mass is 10.2. The number of nitrogens with zero attached hydrogens (tertiary/aromatic N) is 1. The highest BCUT2D eigenvalue weighted by molar-refractivity contribution is 9.09. The van der Waals surface area contributed by atoms with Crippen molar-refractivity contribution in [2.45, 2.75) is 44.3 Å². The minimum absolute atomic E-state index is 0.206. The summed E-state index contributed by atoms with van der Waals surface area (Å²) >= 11 is 3.33. The van der Waals surface area contributed by atoms with Crippen molar-refractivity contribution in [3.63, 3.8) is 0 Å². The van der Waals surface area contributed by atoms with E-state index in [0.29, 0.717) is 6.42 Å². The van der Waals surface area contributed by atoms with Crippen LogP contribution in [0, 0.1) is 0 Å². The van der Waals surface area contributed by atoms with Crippen LogP contribution in [0.2, 0.25) is 0 Å². The summed E-state index contributed by atoms with van der Waals surface area (Å²) in [7, 11) is 0. The van der Waals surface area contributed by atoms with Gasteiger partial charge in [-0.25, -0.2) is 0 Å². The third-order valence-corrected chi connectivity index (χ3v) is 3.95. The van der Waals surface area contributed by atoms with Crippen LogP contribution in [0.4, 0.5) is 0 Å². The molecular weight excluding hydrogens is 298 g/mol. The first-order valence-electron chi connectivity index (χ1n) is 6.86. The van der Waals surface area contributed by atoms with Gasteiger partial charge >= 0.3 is 0 Å². The molecule has 0 spiro atoms. The molecular formula is C13H22BrNO3. The summed E-state index contributed by atoms with van der Waals surface area (Å²) in [5, 5.41) is 0.722. The first kappa shape index (κ1) is 14.3. The number of amides is 1. The molecule has 4 nitrogen and oxygen atoms in total. The number of hydrogen-bond acceptors (Lipinski definition) is 3. The van der Waals surface area contributed by atoms with E-state index in [9.17, 15) is 4.79 Å². The standard InChI is InChI=1S/C13H22BrNO3/c14-6-5-13(16)15(9-11-3-1-7-17-11)10-12-4-2-8-18-12/h11-12H,1-10H2. The Kier molecular flexibility index (Phi) is 5.92. The van der Waals surface area contributed by atoms with E-state index in [4.69, 9.17) is 9.47 Å². The van der Waals surface area contributed by atoms with Crippen molar-refractivity contribution < 1.29 is 14.3 Å². The van der Waals surface area contributed by atoms with Gasteiger partial charge < -0.3 is 14.4 Å². The Hall–Kier alpha value is -0.130. The first-order valence-corrected chi connectivity index (χ1v) is 7.98. The molecule has 0 aromatic carbocycles. The number of rotatable bonds is 6.